The summed E-state index contributed by atoms with van der Waals surface area (Å²) in [4.78, 5) is 38.0. The Kier molecular flexibility index (Phi) is 8.28. The average Bonchev–Trinajstić information content (AvgIpc) is 3.10. The first-order valence-corrected chi connectivity index (χ1v) is 8.93. The number of aryl methyl sites for hydroxylation is 1. The van der Waals surface area contributed by atoms with E-state index >= 15 is 0 Å². The lowest BCUT2D eigenvalue weighted by Gasteiger charge is -2.22. The molecule has 3 amide bonds. The molecule has 9 nitrogen and oxygen atoms in total. The van der Waals surface area contributed by atoms with E-state index in [9.17, 15) is 18.8 Å². The van der Waals surface area contributed by atoms with Gasteiger partial charge in [-0.3, -0.25) is 14.4 Å². The monoisotopic (exact) mass is 406 g/mol. The largest absolute Gasteiger partial charge is 0.383 e. The van der Waals surface area contributed by atoms with Crippen molar-refractivity contribution in [1.82, 2.24) is 10.5 Å². The minimum Gasteiger partial charge on any atom is -0.383 e. The quantitative estimate of drug-likeness (QED) is 0.580. The molecule has 0 spiro atoms. The standard InChI is InChI=1S/C19H23FN4O5/c1-13-11-16(23-29-13)22-17(25)7-8-19(27)24(12-18(26)21-9-10-28-2)15-5-3-14(20)4-6-15/h3-6,11H,7-10,12H2,1-2H3,(H,21,26)(H,22,23,25). The summed E-state index contributed by atoms with van der Waals surface area (Å²) >= 11 is 0. The molecule has 0 saturated carbocycles. The second kappa shape index (κ2) is 10.9. The van der Waals surface area contributed by atoms with E-state index in [4.69, 9.17) is 9.26 Å². The van der Waals surface area contributed by atoms with E-state index in [0.29, 0.717) is 24.6 Å². The topological polar surface area (TPSA) is 114 Å². The third-order valence-corrected chi connectivity index (χ3v) is 3.83. The minimum absolute atomic E-state index is 0.117. The maximum absolute atomic E-state index is 13.2. The Labute approximate surface area is 167 Å². The van der Waals surface area contributed by atoms with Crippen molar-refractivity contribution in [2.24, 2.45) is 0 Å². The fraction of sp³-hybridized carbons (Fsp3) is 0.368. The molecule has 0 bridgehead atoms. The van der Waals surface area contributed by atoms with Gasteiger partial charge < -0.3 is 24.8 Å². The maximum Gasteiger partial charge on any atom is 0.240 e. The highest BCUT2D eigenvalue weighted by Gasteiger charge is 2.20. The van der Waals surface area contributed by atoms with Crippen LogP contribution in [0.15, 0.2) is 34.9 Å². The summed E-state index contributed by atoms with van der Waals surface area (Å²) in [6, 6.07) is 6.73. The summed E-state index contributed by atoms with van der Waals surface area (Å²) in [7, 11) is 1.51. The normalized spacial score (nSPS) is 10.4. The molecular weight excluding hydrogens is 383 g/mol. The number of aromatic nitrogens is 1. The van der Waals surface area contributed by atoms with Crippen LogP contribution in [0.1, 0.15) is 18.6 Å². The Hall–Kier alpha value is -3.27. The zero-order valence-electron chi connectivity index (χ0n) is 16.2. The molecule has 29 heavy (non-hydrogen) atoms. The van der Waals surface area contributed by atoms with Gasteiger partial charge in [-0.05, 0) is 31.2 Å². The Morgan fingerprint density at radius 3 is 2.52 bits per heavy atom. The molecule has 2 aromatic rings. The van der Waals surface area contributed by atoms with Crippen molar-refractivity contribution < 1.29 is 28.0 Å². The Balaban J connectivity index is 1.98. The van der Waals surface area contributed by atoms with E-state index in [-0.39, 0.29) is 25.2 Å². The highest BCUT2D eigenvalue weighted by molar-refractivity contribution is 6.01. The maximum atomic E-state index is 13.2. The van der Waals surface area contributed by atoms with Crippen molar-refractivity contribution in [2.75, 3.05) is 37.0 Å². The first kappa shape index (κ1) is 22.0. The first-order chi connectivity index (χ1) is 13.9. The number of rotatable bonds is 10. The number of carbonyl (C=O) groups excluding carboxylic acids is 3. The number of methoxy groups -OCH3 is 1. The van der Waals surface area contributed by atoms with Gasteiger partial charge in [-0.2, -0.15) is 0 Å². The van der Waals surface area contributed by atoms with Crippen molar-refractivity contribution in [1.29, 1.82) is 0 Å². The van der Waals surface area contributed by atoms with E-state index in [1.165, 1.54) is 36.3 Å². The number of nitrogens with one attached hydrogen (secondary N) is 2. The van der Waals surface area contributed by atoms with Gasteiger partial charge in [0.05, 0.1) is 6.61 Å². The molecule has 1 heterocycles. The van der Waals surface area contributed by atoms with E-state index in [1.807, 2.05) is 0 Å². The molecule has 10 heteroatoms. The predicted octanol–water partition coefficient (Wildman–Crippen LogP) is 1.64. The van der Waals surface area contributed by atoms with Crippen LogP contribution < -0.4 is 15.5 Å². The van der Waals surface area contributed by atoms with Crippen molar-refractivity contribution in [3.05, 3.63) is 41.9 Å². The van der Waals surface area contributed by atoms with Gasteiger partial charge in [0.2, 0.25) is 17.7 Å². The van der Waals surface area contributed by atoms with Crippen LogP contribution >= 0.6 is 0 Å². The van der Waals surface area contributed by atoms with Crippen molar-refractivity contribution in [3.8, 4) is 0 Å². The van der Waals surface area contributed by atoms with Crippen LogP contribution in [-0.2, 0) is 19.1 Å². The molecule has 2 rings (SSSR count). The average molecular weight is 406 g/mol. The van der Waals surface area contributed by atoms with Crippen LogP contribution in [0.3, 0.4) is 0 Å². The number of hydrogen-bond acceptors (Lipinski definition) is 6. The number of amides is 3. The zero-order valence-corrected chi connectivity index (χ0v) is 16.2. The van der Waals surface area contributed by atoms with E-state index in [0.717, 1.165) is 0 Å². The Morgan fingerprint density at radius 1 is 1.17 bits per heavy atom. The lowest BCUT2D eigenvalue weighted by Crippen LogP contribution is -2.42. The van der Waals surface area contributed by atoms with Gasteiger partial charge in [0.15, 0.2) is 5.82 Å². The number of halogens is 1. The van der Waals surface area contributed by atoms with Crippen LogP contribution in [0.5, 0.6) is 0 Å². The van der Waals surface area contributed by atoms with Gasteiger partial charge in [0.25, 0.3) is 0 Å². The molecule has 0 aliphatic rings. The molecule has 0 aliphatic carbocycles. The fourth-order valence-corrected chi connectivity index (χ4v) is 2.42. The van der Waals surface area contributed by atoms with Crippen LogP contribution in [0, 0.1) is 12.7 Å². The summed E-state index contributed by atoms with van der Waals surface area (Å²) in [6.07, 6.45) is -0.265. The first-order valence-electron chi connectivity index (χ1n) is 8.93. The molecule has 1 aromatic carbocycles. The van der Waals surface area contributed by atoms with E-state index in [1.54, 1.807) is 13.0 Å². The predicted molar refractivity (Wildman–Crippen MR) is 103 cm³/mol. The molecule has 156 valence electrons. The van der Waals surface area contributed by atoms with Gasteiger partial charge in [-0.15, -0.1) is 0 Å². The number of anilines is 2. The second-order valence-electron chi connectivity index (χ2n) is 6.17. The number of nitrogens with zero attached hydrogens (tertiary/aromatic N) is 2. The smallest absolute Gasteiger partial charge is 0.240 e. The summed E-state index contributed by atoms with van der Waals surface area (Å²) in [5.74, 6) is -0.943. The molecular formula is C19H23FN4O5. The lowest BCUT2D eigenvalue weighted by molar-refractivity contribution is -0.125. The third-order valence-electron chi connectivity index (χ3n) is 3.83. The molecule has 0 fully saturated rings. The zero-order chi connectivity index (χ0) is 21.2. The molecule has 0 aliphatic heterocycles. The molecule has 0 unspecified atom stereocenters. The number of hydrogen-bond donors (Lipinski definition) is 2. The Bertz CT molecular complexity index is 837. The van der Waals surface area contributed by atoms with Crippen molar-refractivity contribution in [2.45, 2.75) is 19.8 Å². The molecule has 2 N–H and O–H groups in total. The van der Waals surface area contributed by atoms with Crippen LogP contribution in [-0.4, -0.2) is 49.7 Å². The highest BCUT2D eigenvalue weighted by atomic mass is 19.1. The Morgan fingerprint density at radius 2 is 1.90 bits per heavy atom. The SMILES string of the molecule is COCCNC(=O)CN(C(=O)CCC(=O)Nc1cc(C)on1)c1ccc(F)cc1. The van der Waals surface area contributed by atoms with Gasteiger partial charge in [0, 0.05) is 38.2 Å². The summed E-state index contributed by atoms with van der Waals surface area (Å²) < 4.78 is 22.9. The van der Waals surface area contributed by atoms with Crippen molar-refractivity contribution >= 4 is 29.2 Å². The van der Waals surface area contributed by atoms with Gasteiger partial charge in [0.1, 0.15) is 18.1 Å². The van der Waals surface area contributed by atoms with E-state index in [2.05, 4.69) is 15.8 Å². The highest BCUT2D eigenvalue weighted by Crippen LogP contribution is 2.17. The van der Waals surface area contributed by atoms with Crippen molar-refractivity contribution in [3.63, 3.8) is 0 Å². The third kappa shape index (κ3) is 7.34. The summed E-state index contributed by atoms with van der Waals surface area (Å²) in [6.45, 7) is 2.04. The van der Waals surface area contributed by atoms with Gasteiger partial charge >= 0.3 is 0 Å². The molecule has 0 atom stereocenters. The lowest BCUT2D eigenvalue weighted by atomic mass is 10.2. The fourth-order valence-electron chi connectivity index (χ4n) is 2.42. The number of carbonyl (C=O) groups is 3. The summed E-state index contributed by atoms with van der Waals surface area (Å²) in [5, 5.41) is 8.79. The summed E-state index contributed by atoms with van der Waals surface area (Å²) in [5.41, 5.74) is 0.353. The second-order valence-corrected chi connectivity index (χ2v) is 6.17. The van der Waals surface area contributed by atoms with Gasteiger partial charge in [-0.1, -0.05) is 5.16 Å². The molecule has 0 radical (unpaired) electrons. The molecule has 1 aromatic heterocycles. The van der Waals surface area contributed by atoms with Gasteiger partial charge in [-0.25, -0.2) is 4.39 Å². The molecule has 0 saturated heterocycles. The van der Waals surface area contributed by atoms with Crippen LogP contribution in [0.4, 0.5) is 15.9 Å². The van der Waals surface area contributed by atoms with Crippen LogP contribution in [0.2, 0.25) is 0 Å². The number of ether oxygens (including phenoxy) is 1. The minimum atomic E-state index is -0.465. The van der Waals surface area contributed by atoms with Crippen LogP contribution in [0.25, 0.3) is 0 Å². The number of benzene rings is 1. The van der Waals surface area contributed by atoms with E-state index < -0.39 is 23.5 Å².